The Morgan fingerprint density at radius 3 is 2.64 bits per heavy atom. The number of nitrogens with one attached hydrogen (secondary N) is 1. The molecule has 6 heteroatoms. The van der Waals surface area contributed by atoms with E-state index in [1.165, 1.54) is 0 Å². The Labute approximate surface area is 149 Å². The molecule has 5 nitrogen and oxygen atoms in total. The van der Waals surface area contributed by atoms with Gasteiger partial charge in [-0.1, -0.05) is 38.0 Å². The van der Waals surface area contributed by atoms with E-state index in [1.807, 2.05) is 30.3 Å². The van der Waals surface area contributed by atoms with Crippen LogP contribution in [0.25, 0.3) is 0 Å². The lowest BCUT2D eigenvalue weighted by molar-refractivity contribution is 0.414. The molecule has 1 unspecified atom stereocenters. The second-order valence-electron chi connectivity index (χ2n) is 6.24. The zero-order chi connectivity index (χ0) is 17.9. The van der Waals surface area contributed by atoms with Crippen molar-refractivity contribution < 1.29 is 13.2 Å². The van der Waals surface area contributed by atoms with Crippen molar-refractivity contribution in [2.75, 3.05) is 18.6 Å². The van der Waals surface area contributed by atoms with Crippen LogP contribution >= 0.6 is 0 Å². The number of benzene rings is 2. The van der Waals surface area contributed by atoms with E-state index in [1.54, 1.807) is 25.3 Å². The molecule has 0 saturated heterocycles. The van der Waals surface area contributed by atoms with Gasteiger partial charge < -0.3 is 9.64 Å². The number of para-hydroxylation sites is 1. The molecule has 0 amide bonds. The summed E-state index contributed by atoms with van der Waals surface area (Å²) in [6, 6.07) is 14.8. The van der Waals surface area contributed by atoms with Gasteiger partial charge in [-0.3, -0.25) is 0 Å². The minimum atomic E-state index is -3.57. The summed E-state index contributed by atoms with van der Waals surface area (Å²) in [5.41, 5.74) is 1.62. The number of hydrogen-bond donors (Lipinski definition) is 1. The van der Waals surface area contributed by atoms with Crippen molar-refractivity contribution >= 4 is 21.4 Å². The Morgan fingerprint density at radius 1 is 1.20 bits per heavy atom. The highest BCUT2D eigenvalue weighted by Gasteiger charge is 2.31. The topological polar surface area (TPSA) is 58.6 Å². The number of anilines is 2. The summed E-state index contributed by atoms with van der Waals surface area (Å²) in [4.78, 5) is 2.35. The van der Waals surface area contributed by atoms with Crippen LogP contribution in [0.2, 0.25) is 0 Å². The molecule has 1 atom stereocenters. The van der Waals surface area contributed by atoms with Crippen molar-refractivity contribution in [3.63, 3.8) is 0 Å². The third-order valence-electron chi connectivity index (χ3n) is 4.45. The minimum absolute atomic E-state index is 0.136. The van der Waals surface area contributed by atoms with E-state index < -0.39 is 10.0 Å². The van der Waals surface area contributed by atoms with Crippen molar-refractivity contribution in [1.29, 1.82) is 0 Å². The first kappa shape index (κ1) is 17.8. The van der Waals surface area contributed by atoms with E-state index in [4.69, 9.17) is 4.74 Å². The molecule has 1 aliphatic heterocycles. The molecule has 0 saturated carbocycles. The quantitative estimate of drug-likeness (QED) is 0.884. The second-order valence-corrected chi connectivity index (χ2v) is 7.92. The van der Waals surface area contributed by atoms with E-state index in [0.29, 0.717) is 18.0 Å². The number of hydrogen-bond acceptors (Lipinski definition) is 4. The second kappa shape index (κ2) is 7.45. The average molecular weight is 360 g/mol. The fourth-order valence-electron chi connectivity index (χ4n) is 3.15. The van der Waals surface area contributed by atoms with Gasteiger partial charge in [-0.15, -0.1) is 0 Å². The van der Waals surface area contributed by atoms with Gasteiger partial charge in [0.25, 0.3) is 0 Å². The van der Waals surface area contributed by atoms with Gasteiger partial charge in [0.2, 0.25) is 10.0 Å². The summed E-state index contributed by atoms with van der Waals surface area (Å²) in [5, 5.41) is 0. The van der Waals surface area contributed by atoms with Crippen LogP contribution in [-0.4, -0.2) is 28.1 Å². The highest BCUT2D eigenvalue weighted by atomic mass is 32.2. The zero-order valence-electron chi connectivity index (χ0n) is 14.6. The van der Waals surface area contributed by atoms with E-state index in [2.05, 4.69) is 16.5 Å². The van der Waals surface area contributed by atoms with Crippen molar-refractivity contribution in [1.82, 2.24) is 4.72 Å². The number of nitrogens with zero attached hydrogens (tertiary/aromatic N) is 1. The van der Waals surface area contributed by atoms with Gasteiger partial charge in [0, 0.05) is 24.3 Å². The molecule has 25 heavy (non-hydrogen) atoms. The molecule has 2 aromatic carbocycles. The number of methoxy groups -OCH3 is 1. The largest absolute Gasteiger partial charge is 0.497 e. The van der Waals surface area contributed by atoms with E-state index in [9.17, 15) is 8.42 Å². The Bertz CT molecular complexity index is 822. The lowest BCUT2D eigenvalue weighted by Gasteiger charge is -2.27. The number of unbranched alkanes of at least 4 members (excludes halogenated alkanes) is 1. The average Bonchev–Trinajstić information content (AvgIpc) is 2.74. The van der Waals surface area contributed by atoms with Crippen LogP contribution in [0.4, 0.5) is 11.4 Å². The Hall–Kier alpha value is -2.05. The maximum absolute atomic E-state index is 12.9. The van der Waals surface area contributed by atoms with Gasteiger partial charge >= 0.3 is 0 Å². The minimum Gasteiger partial charge on any atom is -0.497 e. The summed E-state index contributed by atoms with van der Waals surface area (Å²) in [6.07, 6.45) is 2.82. The summed E-state index contributed by atoms with van der Waals surface area (Å²) < 4.78 is 33.9. The maximum Gasteiger partial charge on any atom is 0.242 e. The summed E-state index contributed by atoms with van der Waals surface area (Å²) in [7, 11) is -1.99. The molecule has 0 fully saturated rings. The number of fused-ring (bicyclic) bond motifs is 1. The number of sulfonamides is 1. The smallest absolute Gasteiger partial charge is 0.242 e. The number of ether oxygens (including phenoxy) is 1. The third-order valence-corrected chi connectivity index (χ3v) is 6.01. The van der Waals surface area contributed by atoms with E-state index in [-0.39, 0.29) is 10.9 Å². The van der Waals surface area contributed by atoms with Crippen molar-refractivity contribution in [3.8, 4) is 5.75 Å². The first-order chi connectivity index (χ1) is 12.0. The normalized spacial score (nSPS) is 19.1. The molecule has 1 aliphatic rings. The fourth-order valence-corrected chi connectivity index (χ4v) is 4.60. The van der Waals surface area contributed by atoms with Gasteiger partial charge in [-0.25, -0.2) is 13.1 Å². The maximum atomic E-state index is 12.9. The zero-order valence-corrected chi connectivity index (χ0v) is 15.4. The Kier molecular flexibility index (Phi) is 5.30. The van der Waals surface area contributed by atoms with Gasteiger partial charge in [0.1, 0.15) is 10.6 Å². The number of rotatable bonds is 5. The van der Waals surface area contributed by atoms with Crippen LogP contribution in [0.15, 0.2) is 53.4 Å². The van der Waals surface area contributed by atoms with Crippen LogP contribution in [0.3, 0.4) is 0 Å². The standard InChI is InChI=1S/C19H24N2O3S/c1-3-4-8-15-14-21(16-9-6-5-7-10-16)18-13-17(24-2)11-12-19(18)25(22,23)20-15/h5-7,9-13,15,20H,3-4,8,14H2,1-2H3. The third kappa shape index (κ3) is 3.80. The summed E-state index contributed by atoms with van der Waals surface area (Å²) >= 11 is 0. The summed E-state index contributed by atoms with van der Waals surface area (Å²) in [6.45, 7) is 2.70. The first-order valence-electron chi connectivity index (χ1n) is 8.58. The monoisotopic (exact) mass is 360 g/mol. The van der Waals surface area contributed by atoms with Gasteiger partial charge in [-0.05, 0) is 30.7 Å². The van der Waals surface area contributed by atoms with E-state index >= 15 is 0 Å². The molecule has 134 valence electrons. The lowest BCUT2D eigenvalue weighted by atomic mass is 10.1. The molecule has 3 rings (SSSR count). The van der Waals surface area contributed by atoms with Crippen molar-refractivity contribution in [2.45, 2.75) is 37.1 Å². The molecular formula is C19H24N2O3S. The lowest BCUT2D eigenvalue weighted by Crippen LogP contribution is -2.39. The molecule has 1 N–H and O–H groups in total. The van der Waals surface area contributed by atoms with Crippen LogP contribution in [0, 0.1) is 0 Å². The molecule has 2 aromatic rings. The SMILES string of the molecule is CCCCC1CN(c2ccccc2)c2cc(OC)ccc2S(=O)(=O)N1. The molecule has 0 aromatic heterocycles. The molecule has 0 radical (unpaired) electrons. The van der Waals surface area contributed by atoms with E-state index in [0.717, 1.165) is 24.9 Å². The highest BCUT2D eigenvalue weighted by Crippen LogP contribution is 2.36. The summed E-state index contributed by atoms with van der Waals surface area (Å²) in [5.74, 6) is 0.641. The van der Waals surface area contributed by atoms with Crippen LogP contribution in [0.5, 0.6) is 5.75 Å². The molecule has 0 spiro atoms. The van der Waals surface area contributed by atoms with Crippen LogP contribution in [0.1, 0.15) is 26.2 Å². The highest BCUT2D eigenvalue weighted by molar-refractivity contribution is 7.89. The molecule has 0 bridgehead atoms. The van der Waals surface area contributed by atoms with Gasteiger partial charge in [0.05, 0.1) is 12.8 Å². The predicted octanol–water partition coefficient (Wildman–Crippen LogP) is 3.68. The van der Waals surface area contributed by atoms with Crippen LogP contribution < -0.4 is 14.4 Å². The van der Waals surface area contributed by atoms with Gasteiger partial charge in [-0.2, -0.15) is 0 Å². The molecular weight excluding hydrogens is 336 g/mol. The first-order valence-corrected chi connectivity index (χ1v) is 10.1. The fraction of sp³-hybridized carbons (Fsp3) is 0.368. The van der Waals surface area contributed by atoms with Crippen molar-refractivity contribution in [3.05, 3.63) is 48.5 Å². The predicted molar refractivity (Wildman–Crippen MR) is 100 cm³/mol. The Balaban J connectivity index is 2.13. The Morgan fingerprint density at radius 2 is 1.96 bits per heavy atom. The van der Waals surface area contributed by atoms with Gasteiger partial charge in [0.15, 0.2) is 0 Å². The van der Waals surface area contributed by atoms with Crippen LogP contribution in [-0.2, 0) is 10.0 Å². The molecule has 1 heterocycles. The molecule has 0 aliphatic carbocycles. The van der Waals surface area contributed by atoms with Crippen molar-refractivity contribution in [2.24, 2.45) is 0 Å².